The second-order valence-corrected chi connectivity index (χ2v) is 9.68. The number of benzene rings is 1. The van der Waals surface area contributed by atoms with Crippen LogP contribution in [0.2, 0.25) is 0 Å². The minimum Gasteiger partial charge on any atom is -0.446 e. The van der Waals surface area contributed by atoms with Crippen LogP contribution >= 0.6 is 15.9 Å². The molecule has 1 amide bonds. The number of piperidine rings is 1. The van der Waals surface area contributed by atoms with Crippen LogP contribution in [0.3, 0.4) is 0 Å². The van der Waals surface area contributed by atoms with E-state index in [0.717, 1.165) is 24.0 Å². The summed E-state index contributed by atoms with van der Waals surface area (Å²) >= 11 is 3.49. The van der Waals surface area contributed by atoms with Gasteiger partial charge in [-0.2, -0.15) is 0 Å². The zero-order chi connectivity index (χ0) is 18.4. The molecule has 0 spiro atoms. The van der Waals surface area contributed by atoms with Crippen molar-refractivity contribution in [1.82, 2.24) is 4.90 Å². The number of nitrogens with two attached hydrogens (primary N) is 1. The molecule has 0 radical (unpaired) electrons. The first-order chi connectivity index (χ1) is 11.7. The molecule has 1 aliphatic carbocycles. The van der Waals surface area contributed by atoms with Crippen LogP contribution in [0.25, 0.3) is 0 Å². The first-order valence-corrected chi connectivity index (χ1v) is 9.90. The molecule has 1 aromatic rings. The van der Waals surface area contributed by atoms with Crippen LogP contribution in [0.4, 0.5) is 4.79 Å². The Kier molecular flexibility index (Phi) is 5.18. The highest BCUT2D eigenvalue weighted by Gasteiger charge is 2.62. The molecule has 0 aromatic heterocycles. The van der Waals surface area contributed by atoms with Gasteiger partial charge in [0, 0.05) is 29.5 Å². The normalized spacial score (nSPS) is 28.3. The van der Waals surface area contributed by atoms with Gasteiger partial charge in [0.05, 0.1) is 0 Å². The molecule has 2 aliphatic rings. The summed E-state index contributed by atoms with van der Waals surface area (Å²) in [6.45, 7) is 10.9. The van der Waals surface area contributed by atoms with Gasteiger partial charge < -0.3 is 10.5 Å². The van der Waals surface area contributed by atoms with E-state index in [-0.39, 0.29) is 11.5 Å². The minimum atomic E-state index is -0.648. The molecule has 138 valence electrons. The number of fused-ring (bicyclic) bond motifs is 1. The standard InChI is InChI=1S/C20H29BrN2O2/c1-12(9-13-5-7-14(21)8-6-13)23-10-15-16(11-23)17(15)18(20(2,3)4)25-19(22)24/h5-8,12,15-18H,9-11H2,1-4H3,(H2,22,24)/t12-,15?,16?,17?,18?/m1/s1. The minimum absolute atomic E-state index is 0.0715. The number of halogens is 1. The Bertz CT molecular complexity index is 614. The number of likely N-dealkylation sites (tertiary alicyclic amines) is 1. The fourth-order valence-corrected chi connectivity index (χ4v) is 4.73. The molecule has 4 atom stereocenters. The third kappa shape index (κ3) is 4.20. The third-order valence-electron chi connectivity index (χ3n) is 5.80. The average Bonchev–Trinajstić information content (AvgIpc) is 2.97. The van der Waals surface area contributed by atoms with Crippen molar-refractivity contribution in [3.63, 3.8) is 0 Å². The Labute approximate surface area is 159 Å². The SMILES string of the molecule is C[C@H](Cc1ccc(Br)cc1)N1CC2C(C1)C2C(OC(N)=O)C(C)(C)C. The van der Waals surface area contributed by atoms with Gasteiger partial charge in [0.15, 0.2) is 0 Å². The number of hydrogen-bond acceptors (Lipinski definition) is 3. The van der Waals surface area contributed by atoms with Crippen molar-refractivity contribution in [2.75, 3.05) is 13.1 Å². The lowest BCUT2D eigenvalue weighted by atomic mass is 9.84. The van der Waals surface area contributed by atoms with E-state index in [9.17, 15) is 4.79 Å². The Morgan fingerprint density at radius 3 is 2.32 bits per heavy atom. The maximum Gasteiger partial charge on any atom is 0.404 e. The molecule has 25 heavy (non-hydrogen) atoms. The van der Waals surface area contributed by atoms with Crippen LogP contribution in [0.15, 0.2) is 28.7 Å². The highest BCUT2D eigenvalue weighted by molar-refractivity contribution is 9.10. The number of ether oxygens (including phenoxy) is 1. The van der Waals surface area contributed by atoms with Gasteiger partial charge in [-0.05, 0) is 48.3 Å². The fourth-order valence-electron chi connectivity index (χ4n) is 4.46. The Morgan fingerprint density at radius 2 is 1.84 bits per heavy atom. The molecule has 1 aromatic carbocycles. The smallest absolute Gasteiger partial charge is 0.404 e. The Balaban J connectivity index is 1.56. The van der Waals surface area contributed by atoms with Crippen molar-refractivity contribution in [3.8, 4) is 0 Å². The molecule has 5 heteroatoms. The van der Waals surface area contributed by atoms with Crippen LogP contribution in [0.5, 0.6) is 0 Å². The Hall–Kier alpha value is -1.07. The summed E-state index contributed by atoms with van der Waals surface area (Å²) in [5.74, 6) is 1.73. The number of amides is 1. The molecular formula is C20H29BrN2O2. The number of carbonyl (C=O) groups excluding carboxylic acids is 1. The van der Waals surface area contributed by atoms with Gasteiger partial charge >= 0.3 is 6.09 Å². The molecule has 2 fully saturated rings. The van der Waals surface area contributed by atoms with Gasteiger partial charge in [0.2, 0.25) is 0 Å². The number of primary amides is 1. The van der Waals surface area contributed by atoms with Crippen molar-refractivity contribution < 1.29 is 9.53 Å². The van der Waals surface area contributed by atoms with E-state index in [4.69, 9.17) is 10.5 Å². The summed E-state index contributed by atoms with van der Waals surface area (Å²) in [6.07, 6.45) is 0.340. The second-order valence-electron chi connectivity index (χ2n) is 8.76. The van der Waals surface area contributed by atoms with Crippen molar-refractivity contribution in [3.05, 3.63) is 34.3 Å². The third-order valence-corrected chi connectivity index (χ3v) is 6.33. The number of hydrogen-bond donors (Lipinski definition) is 1. The van der Waals surface area contributed by atoms with E-state index in [1.807, 2.05) is 0 Å². The summed E-state index contributed by atoms with van der Waals surface area (Å²) < 4.78 is 6.62. The van der Waals surface area contributed by atoms with Gasteiger partial charge in [-0.3, -0.25) is 4.90 Å². The zero-order valence-corrected chi connectivity index (χ0v) is 17.1. The van der Waals surface area contributed by atoms with Crippen molar-refractivity contribution in [2.45, 2.75) is 46.3 Å². The first kappa shape index (κ1) is 18.7. The van der Waals surface area contributed by atoms with Crippen LogP contribution in [0, 0.1) is 23.2 Å². The largest absolute Gasteiger partial charge is 0.446 e. The monoisotopic (exact) mass is 408 g/mol. The van der Waals surface area contributed by atoms with Crippen LogP contribution in [-0.4, -0.2) is 36.2 Å². The maximum atomic E-state index is 11.3. The quantitative estimate of drug-likeness (QED) is 0.798. The molecular weight excluding hydrogens is 380 g/mol. The summed E-state index contributed by atoms with van der Waals surface area (Å²) in [6, 6.07) is 9.12. The molecule has 1 heterocycles. The van der Waals surface area contributed by atoms with Crippen molar-refractivity contribution >= 4 is 22.0 Å². The maximum absolute atomic E-state index is 11.3. The summed E-state index contributed by atoms with van der Waals surface area (Å²) in [4.78, 5) is 13.9. The van der Waals surface area contributed by atoms with E-state index in [1.54, 1.807) is 0 Å². The number of rotatable bonds is 5. The molecule has 1 saturated heterocycles. The van der Waals surface area contributed by atoms with Gasteiger partial charge in [0.25, 0.3) is 0 Å². The molecule has 4 nitrogen and oxygen atoms in total. The van der Waals surface area contributed by atoms with Gasteiger partial charge in [0.1, 0.15) is 6.10 Å². The van der Waals surface area contributed by atoms with Gasteiger partial charge in [-0.25, -0.2) is 4.79 Å². The fraction of sp³-hybridized carbons (Fsp3) is 0.650. The molecule has 3 rings (SSSR count). The van der Waals surface area contributed by atoms with E-state index >= 15 is 0 Å². The lowest BCUT2D eigenvalue weighted by Crippen LogP contribution is -2.41. The van der Waals surface area contributed by atoms with E-state index < -0.39 is 6.09 Å². The number of nitrogens with zero attached hydrogens (tertiary/aromatic N) is 1. The summed E-state index contributed by atoms with van der Waals surface area (Å²) in [7, 11) is 0. The molecule has 1 aliphatic heterocycles. The topological polar surface area (TPSA) is 55.6 Å². The lowest BCUT2D eigenvalue weighted by molar-refractivity contribution is 0.00891. The van der Waals surface area contributed by atoms with E-state index in [1.165, 1.54) is 5.56 Å². The Morgan fingerprint density at radius 1 is 1.28 bits per heavy atom. The second kappa shape index (κ2) is 6.92. The summed E-state index contributed by atoms with van der Waals surface area (Å²) in [5.41, 5.74) is 6.60. The lowest BCUT2D eigenvalue weighted by Gasteiger charge is -2.33. The zero-order valence-electron chi connectivity index (χ0n) is 15.5. The number of carbonyl (C=O) groups is 1. The molecule has 2 N–H and O–H groups in total. The predicted octanol–water partition coefficient (Wildman–Crippen LogP) is 4.07. The van der Waals surface area contributed by atoms with E-state index in [0.29, 0.717) is 23.8 Å². The highest BCUT2D eigenvalue weighted by atomic mass is 79.9. The average molecular weight is 409 g/mol. The van der Waals surface area contributed by atoms with Crippen molar-refractivity contribution in [2.24, 2.45) is 28.9 Å². The van der Waals surface area contributed by atoms with Crippen LogP contribution in [0.1, 0.15) is 33.3 Å². The molecule has 1 saturated carbocycles. The van der Waals surface area contributed by atoms with Gasteiger partial charge in [-0.15, -0.1) is 0 Å². The van der Waals surface area contributed by atoms with E-state index in [2.05, 4.69) is 72.8 Å². The summed E-state index contributed by atoms with van der Waals surface area (Å²) in [5, 5.41) is 0. The highest BCUT2D eigenvalue weighted by Crippen LogP contribution is 2.57. The predicted molar refractivity (Wildman–Crippen MR) is 103 cm³/mol. The van der Waals surface area contributed by atoms with Gasteiger partial charge in [-0.1, -0.05) is 48.8 Å². The van der Waals surface area contributed by atoms with Crippen LogP contribution in [-0.2, 0) is 11.2 Å². The molecule has 0 bridgehead atoms. The first-order valence-electron chi connectivity index (χ1n) is 9.11. The van der Waals surface area contributed by atoms with Crippen molar-refractivity contribution in [1.29, 1.82) is 0 Å². The van der Waals surface area contributed by atoms with Crippen LogP contribution < -0.4 is 5.73 Å². The molecule has 3 unspecified atom stereocenters.